The van der Waals surface area contributed by atoms with Crippen LogP contribution in [0.1, 0.15) is 30.1 Å². The van der Waals surface area contributed by atoms with Gasteiger partial charge in [-0.05, 0) is 31.7 Å². The molecule has 0 unspecified atom stereocenters. The first-order chi connectivity index (χ1) is 9.31. The Labute approximate surface area is 113 Å². The Morgan fingerprint density at radius 2 is 2.37 bits per heavy atom. The van der Waals surface area contributed by atoms with Crippen molar-refractivity contribution < 1.29 is 9.53 Å². The van der Waals surface area contributed by atoms with E-state index in [2.05, 4.69) is 15.6 Å². The smallest absolute Gasteiger partial charge is 0.255 e. The molecule has 0 aliphatic heterocycles. The molecule has 5 nitrogen and oxygen atoms in total. The number of nitrogens with one attached hydrogen (secondary N) is 2. The second kappa shape index (κ2) is 7.09. The van der Waals surface area contributed by atoms with Crippen LogP contribution in [0.15, 0.2) is 18.5 Å². The largest absolute Gasteiger partial charge is 0.385 e. The third kappa shape index (κ3) is 4.52. The second-order valence-corrected chi connectivity index (χ2v) is 4.73. The van der Waals surface area contributed by atoms with Gasteiger partial charge in [-0.25, -0.2) is 0 Å². The minimum atomic E-state index is -0.112. The highest BCUT2D eigenvalue weighted by atomic mass is 16.5. The number of carbonyl (C=O) groups excluding carboxylic acids is 1. The number of carbonyl (C=O) groups is 1. The predicted octanol–water partition coefficient (Wildman–Crippen LogP) is 1.67. The molecule has 0 bridgehead atoms. The summed E-state index contributed by atoms with van der Waals surface area (Å²) in [7, 11) is 0. The number of aromatic nitrogens is 1. The van der Waals surface area contributed by atoms with Crippen LogP contribution in [0.5, 0.6) is 0 Å². The van der Waals surface area contributed by atoms with Crippen LogP contribution in [0.2, 0.25) is 0 Å². The van der Waals surface area contributed by atoms with Gasteiger partial charge in [0.1, 0.15) is 0 Å². The van der Waals surface area contributed by atoms with Gasteiger partial charge in [0.05, 0.1) is 17.9 Å². The molecule has 1 saturated carbocycles. The van der Waals surface area contributed by atoms with E-state index in [1.54, 1.807) is 12.4 Å². The maximum atomic E-state index is 12.0. The molecule has 5 heteroatoms. The molecule has 1 fully saturated rings. The molecule has 2 N–H and O–H groups in total. The van der Waals surface area contributed by atoms with Crippen molar-refractivity contribution >= 4 is 11.6 Å². The molecule has 0 aromatic carbocycles. The topological polar surface area (TPSA) is 63.2 Å². The van der Waals surface area contributed by atoms with Gasteiger partial charge >= 0.3 is 0 Å². The lowest BCUT2D eigenvalue weighted by Crippen LogP contribution is -2.28. The second-order valence-electron chi connectivity index (χ2n) is 4.73. The van der Waals surface area contributed by atoms with Gasteiger partial charge in [-0.15, -0.1) is 0 Å². The summed E-state index contributed by atoms with van der Waals surface area (Å²) >= 11 is 0. The number of ether oxygens (including phenoxy) is 1. The van der Waals surface area contributed by atoms with Gasteiger partial charge in [0, 0.05) is 32.1 Å². The van der Waals surface area contributed by atoms with E-state index in [1.807, 2.05) is 13.0 Å². The molecule has 0 saturated heterocycles. The summed E-state index contributed by atoms with van der Waals surface area (Å²) in [5.74, 6) is 0.647. The number of rotatable bonds is 8. The summed E-state index contributed by atoms with van der Waals surface area (Å²) in [4.78, 5) is 16.0. The van der Waals surface area contributed by atoms with Gasteiger partial charge < -0.3 is 15.4 Å². The van der Waals surface area contributed by atoms with Gasteiger partial charge in [0.15, 0.2) is 0 Å². The first kappa shape index (κ1) is 13.8. The minimum Gasteiger partial charge on any atom is -0.385 e. The molecular weight excluding hydrogens is 242 g/mol. The average Bonchev–Trinajstić information content (AvgIpc) is 3.23. The van der Waals surface area contributed by atoms with Crippen molar-refractivity contribution in [1.29, 1.82) is 0 Å². The fourth-order valence-electron chi connectivity index (χ4n) is 1.79. The molecule has 0 radical (unpaired) electrons. The van der Waals surface area contributed by atoms with Crippen LogP contribution < -0.4 is 10.6 Å². The van der Waals surface area contributed by atoms with Gasteiger partial charge in [-0.2, -0.15) is 0 Å². The molecule has 104 valence electrons. The summed E-state index contributed by atoms with van der Waals surface area (Å²) in [6, 6.07) is 1.81. The number of hydrogen-bond donors (Lipinski definition) is 2. The van der Waals surface area contributed by atoms with Gasteiger partial charge in [-0.3, -0.25) is 9.78 Å². The first-order valence-electron chi connectivity index (χ1n) is 6.85. The third-order valence-electron chi connectivity index (χ3n) is 3.02. The Kier molecular flexibility index (Phi) is 5.15. The van der Waals surface area contributed by atoms with Crippen molar-refractivity contribution in [1.82, 2.24) is 10.3 Å². The first-order valence-corrected chi connectivity index (χ1v) is 6.85. The summed E-state index contributed by atoms with van der Waals surface area (Å²) in [5, 5.41) is 6.00. The highest BCUT2D eigenvalue weighted by Crippen LogP contribution is 2.28. The number of pyridine rings is 1. The number of amides is 1. The summed E-state index contributed by atoms with van der Waals surface area (Å²) < 4.78 is 5.48. The molecule has 19 heavy (non-hydrogen) atoms. The van der Waals surface area contributed by atoms with Crippen molar-refractivity contribution in [2.45, 2.75) is 19.8 Å². The van der Waals surface area contributed by atoms with Crippen molar-refractivity contribution in [2.75, 3.05) is 31.6 Å². The molecule has 1 amide bonds. The third-order valence-corrected chi connectivity index (χ3v) is 3.02. The van der Waals surface area contributed by atoms with Crippen LogP contribution >= 0.6 is 0 Å². The SMILES string of the molecule is CCNc1ccncc1C(=O)NCCOCC1CC1. The lowest BCUT2D eigenvalue weighted by Gasteiger charge is -2.10. The normalized spacial score (nSPS) is 14.2. The summed E-state index contributed by atoms with van der Waals surface area (Å²) in [6.07, 6.45) is 5.83. The average molecular weight is 263 g/mol. The van der Waals surface area contributed by atoms with Crippen molar-refractivity contribution in [3.63, 3.8) is 0 Å². The van der Waals surface area contributed by atoms with Crippen molar-refractivity contribution in [2.24, 2.45) is 5.92 Å². The molecule has 0 spiro atoms. The van der Waals surface area contributed by atoms with Gasteiger partial charge in [-0.1, -0.05) is 0 Å². The zero-order valence-electron chi connectivity index (χ0n) is 11.3. The zero-order valence-corrected chi connectivity index (χ0v) is 11.3. The fourth-order valence-corrected chi connectivity index (χ4v) is 1.79. The van der Waals surface area contributed by atoms with E-state index in [9.17, 15) is 4.79 Å². The Morgan fingerprint density at radius 1 is 1.53 bits per heavy atom. The van der Waals surface area contributed by atoms with Crippen LogP contribution in [-0.4, -0.2) is 37.2 Å². The van der Waals surface area contributed by atoms with Crippen LogP contribution in [0.4, 0.5) is 5.69 Å². The molecule has 1 aromatic rings. The van der Waals surface area contributed by atoms with Crippen LogP contribution in [0.25, 0.3) is 0 Å². The quantitative estimate of drug-likeness (QED) is 0.700. The lowest BCUT2D eigenvalue weighted by molar-refractivity contribution is 0.0907. The van der Waals surface area contributed by atoms with Crippen molar-refractivity contribution in [3.05, 3.63) is 24.0 Å². The molecule has 1 aliphatic rings. The Bertz CT molecular complexity index is 419. The Hall–Kier alpha value is -1.62. The van der Waals surface area contributed by atoms with E-state index in [0.29, 0.717) is 18.7 Å². The van der Waals surface area contributed by atoms with E-state index in [-0.39, 0.29) is 5.91 Å². The minimum absolute atomic E-state index is 0.112. The molecule has 1 heterocycles. The van der Waals surface area contributed by atoms with Crippen LogP contribution in [0, 0.1) is 5.92 Å². The highest BCUT2D eigenvalue weighted by molar-refractivity contribution is 5.99. The maximum Gasteiger partial charge on any atom is 0.255 e. The number of hydrogen-bond acceptors (Lipinski definition) is 4. The molecule has 1 aliphatic carbocycles. The van der Waals surface area contributed by atoms with E-state index < -0.39 is 0 Å². The summed E-state index contributed by atoms with van der Waals surface area (Å²) in [6.45, 7) is 4.69. The van der Waals surface area contributed by atoms with E-state index in [0.717, 1.165) is 24.8 Å². The van der Waals surface area contributed by atoms with Crippen molar-refractivity contribution in [3.8, 4) is 0 Å². The molecular formula is C14H21N3O2. The summed E-state index contributed by atoms with van der Waals surface area (Å²) in [5.41, 5.74) is 1.39. The van der Waals surface area contributed by atoms with Gasteiger partial charge in [0.25, 0.3) is 5.91 Å². The maximum absolute atomic E-state index is 12.0. The molecule has 2 rings (SSSR count). The van der Waals surface area contributed by atoms with E-state index in [4.69, 9.17) is 4.74 Å². The van der Waals surface area contributed by atoms with Gasteiger partial charge in [0.2, 0.25) is 0 Å². The molecule has 1 aromatic heterocycles. The zero-order chi connectivity index (χ0) is 13.5. The number of nitrogens with zero attached hydrogens (tertiary/aromatic N) is 1. The predicted molar refractivity (Wildman–Crippen MR) is 74.3 cm³/mol. The van der Waals surface area contributed by atoms with E-state index in [1.165, 1.54) is 12.8 Å². The standard InChI is InChI=1S/C14H21N3O2/c1-2-16-13-5-6-15-9-12(13)14(18)17-7-8-19-10-11-3-4-11/h5-6,9,11H,2-4,7-8,10H2,1H3,(H,15,16)(H,17,18). The number of anilines is 1. The van der Waals surface area contributed by atoms with Crippen LogP contribution in [-0.2, 0) is 4.74 Å². The van der Waals surface area contributed by atoms with E-state index >= 15 is 0 Å². The lowest BCUT2D eigenvalue weighted by atomic mass is 10.2. The van der Waals surface area contributed by atoms with Crippen LogP contribution in [0.3, 0.4) is 0 Å². The monoisotopic (exact) mass is 263 g/mol. The highest BCUT2D eigenvalue weighted by Gasteiger charge is 2.20. The fraction of sp³-hybridized carbons (Fsp3) is 0.571. The Morgan fingerprint density at radius 3 is 3.11 bits per heavy atom. The Balaban J connectivity index is 1.74. The molecule has 0 atom stereocenters.